The van der Waals surface area contributed by atoms with Crippen LogP contribution in [0.15, 0.2) is 29.2 Å². The van der Waals surface area contributed by atoms with Gasteiger partial charge >= 0.3 is 5.97 Å². The Bertz CT molecular complexity index is 815. The summed E-state index contributed by atoms with van der Waals surface area (Å²) in [6, 6.07) is 6.64. The van der Waals surface area contributed by atoms with E-state index in [-0.39, 0.29) is 17.2 Å². The number of sulfonamides is 1. The Morgan fingerprint density at radius 2 is 1.70 bits per heavy atom. The molecule has 0 aliphatic carbocycles. The Labute approximate surface area is 160 Å². The van der Waals surface area contributed by atoms with Crippen molar-refractivity contribution < 1.29 is 23.1 Å². The van der Waals surface area contributed by atoms with E-state index in [1.807, 2.05) is 0 Å². The summed E-state index contributed by atoms with van der Waals surface area (Å²) in [5, 5.41) is 9.42. The Morgan fingerprint density at radius 1 is 1.07 bits per heavy atom. The van der Waals surface area contributed by atoms with Gasteiger partial charge in [-0.3, -0.25) is 4.79 Å². The third kappa shape index (κ3) is 3.87. The van der Waals surface area contributed by atoms with E-state index in [0.717, 1.165) is 18.4 Å². The molecule has 8 heteroatoms. The lowest BCUT2D eigenvalue weighted by atomic mass is 9.98. The number of hydrogen-bond acceptors (Lipinski definition) is 4. The first-order valence-corrected chi connectivity index (χ1v) is 10.8. The largest absolute Gasteiger partial charge is 0.480 e. The van der Waals surface area contributed by atoms with E-state index in [9.17, 15) is 23.1 Å². The van der Waals surface area contributed by atoms with Crippen molar-refractivity contribution in [2.24, 2.45) is 0 Å². The van der Waals surface area contributed by atoms with Gasteiger partial charge in [0.05, 0.1) is 4.90 Å². The van der Waals surface area contributed by atoms with Gasteiger partial charge in [0.1, 0.15) is 5.54 Å². The second-order valence-electron chi connectivity index (χ2n) is 7.48. The highest BCUT2D eigenvalue weighted by Crippen LogP contribution is 2.30. The van der Waals surface area contributed by atoms with Crippen LogP contribution in [0, 0.1) is 0 Å². The van der Waals surface area contributed by atoms with Crippen molar-refractivity contribution in [3.63, 3.8) is 0 Å². The molecule has 0 spiro atoms. The van der Waals surface area contributed by atoms with Gasteiger partial charge in [0.25, 0.3) is 0 Å². The average Bonchev–Trinajstić information content (AvgIpc) is 3.31. The van der Waals surface area contributed by atoms with Crippen molar-refractivity contribution in [3.8, 4) is 0 Å². The van der Waals surface area contributed by atoms with Gasteiger partial charge in [0.2, 0.25) is 15.9 Å². The second-order valence-corrected chi connectivity index (χ2v) is 9.42. The van der Waals surface area contributed by atoms with Crippen molar-refractivity contribution in [3.05, 3.63) is 29.8 Å². The molecular formula is C19H26N2O5S. The van der Waals surface area contributed by atoms with Crippen LogP contribution in [-0.4, -0.2) is 59.8 Å². The summed E-state index contributed by atoms with van der Waals surface area (Å²) in [7, 11) is -3.43. The molecule has 0 radical (unpaired) electrons. The molecule has 2 saturated heterocycles. The zero-order valence-electron chi connectivity index (χ0n) is 15.6. The number of hydrogen-bond donors (Lipinski definition) is 1. The highest BCUT2D eigenvalue weighted by molar-refractivity contribution is 7.89. The van der Waals surface area contributed by atoms with E-state index in [2.05, 4.69) is 0 Å². The summed E-state index contributed by atoms with van der Waals surface area (Å²) >= 11 is 0. The van der Waals surface area contributed by atoms with E-state index in [4.69, 9.17) is 0 Å². The molecule has 2 fully saturated rings. The summed E-state index contributed by atoms with van der Waals surface area (Å²) in [5.74, 6) is -1.14. The minimum absolute atomic E-state index is 0.175. The number of aryl methyl sites for hydroxylation is 1. The van der Waals surface area contributed by atoms with Crippen LogP contribution in [0.2, 0.25) is 0 Å². The first-order valence-electron chi connectivity index (χ1n) is 9.38. The summed E-state index contributed by atoms with van der Waals surface area (Å²) in [6.07, 6.45) is 3.61. The molecule has 148 valence electrons. The molecule has 1 atom stereocenters. The number of carboxylic acids is 1. The monoisotopic (exact) mass is 394 g/mol. The molecule has 1 aromatic rings. The molecule has 0 bridgehead atoms. The van der Waals surface area contributed by atoms with Gasteiger partial charge < -0.3 is 10.0 Å². The minimum Gasteiger partial charge on any atom is -0.480 e. The second kappa shape index (κ2) is 7.59. The van der Waals surface area contributed by atoms with Crippen LogP contribution >= 0.6 is 0 Å². The molecule has 2 aliphatic rings. The van der Waals surface area contributed by atoms with E-state index in [1.165, 1.54) is 9.21 Å². The van der Waals surface area contributed by atoms with Gasteiger partial charge in [0, 0.05) is 26.1 Å². The van der Waals surface area contributed by atoms with E-state index in [0.29, 0.717) is 38.9 Å². The highest BCUT2D eigenvalue weighted by Gasteiger charge is 2.45. The standard InChI is InChI=1S/C19H26N2O5S/c1-19(18(23)24)11-4-14-21(19)17(22)10-7-15-5-8-16(9-6-15)27(25,26)20-12-2-3-13-20/h5-6,8-9H,2-4,7,10-14H2,1H3,(H,23,24). The molecule has 0 saturated carbocycles. The fourth-order valence-corrected chi connectivity index (χ4v) is 5.39. The number of carbonyl (C=O) groups excluding carboxylic acids is 1. The predicted octanol–water partition coefficient (Wildman–Crippen LogP) is 1.87. The van der Waals surface area contributed by atoms with E-state index < -0.39 is 21.5 Å². The maximum Gasteiger partial charge on any atom is 0.329 e. The Kier molecular flexibility index (Phi) is 5.58. The average molecular weight is 394 g/mol. The number of rotatable bonds is 6. The number of carboxylic acid groups (broad SMARTS) is 1. The molecule has 3 rings (SSSR count). The van der Waals surface area contributed by atoms with Crippen LogP contribution in [0.4, 0.5) is 0 Å². The van der Waals surface area contributed by atoms with Crippen molar-refractivity contribution in [2.75, 3.05) is 19.6 Å². The zero-order chi connectivity index (χ0) is 19.7. The van der Waals surface area contributed by atoms with E-state index >= 15 is 0 Å². The van der Waals surface area contributed by atoms with E-state index in [1.54, 1.807) is 31.2 Å². The summed E-state index contributed by atoms with van der Waals surface area (Å²) in [6.45, 7) is 3.19. The fraction of sp³-hybridized carbons (Fsp3) is 0.579. The minimum atomic E-state index is -3.43. The smallest absolute Gasteiger partial charge is 0.329 e. The van der Waals surface area contributed by atoms with Gasteiger partial charge in [-0.1, -0.05) is 12.1 Å². The maximum absolute atomic E-state index is 12.5. The van der Waals surface area contributed by atoms with Gasteiger partial charge in [-0.05, 0) is 56.7 Å². The Morgan fingerprint density at radius 3 is 2.30 bits per heavy atom. The Hall–Kier alpha value is -1.93. The number of nitrogens with zero attached hydrogens (tertiary/aromatic N) is 2. The van der Waals surface area contributed by atoms with Crippen LogP contribution in [-0.2, 0) is 26.0 Å². The molecule has 1 aromatic carbocycles. The van der Waals surface area contributed by atoms with Gasteiger partial charge in [0.15, 0.2) is 0 Å². The van der Waals surface area contributed by atoms with Crippen LogP contribution in [0.3, 0.4) is 0 Å². The lowest BCUT2D eigenvalue weighted by Gasteiger charge is -2.31. The lowest BCUT2D eigenvalue weighted by molar-refractivity contribution is -0.155. The number of carbonyl (C=O) groups is 2. The predicted molar refractivity (Wildman–Crippen MR) is 99.7 cm³/mol. The van der Waals surface area contributed by atoms with Crippen molar-refractivity contribution in [2.45, 2.75) is 55.9 Å². The molecule has 7 nitrogen and oxygen atoms in total. The summed E-state index contributed by atoms with van der Waals surface area (Å²) in [5.41, 5.74) is -0.259. The molecule has 2 heterocycles. The molecule has 0 aromatic heterocycles. The van der Waals surface area contributed by atoms with Gasteiger partial charge in [-0.15, -0.1) is 0 Å². The first kappa shape index (κ1) is 19.8. The molecule has 27 heavy (non-hydrogen) atoms. The van der Waals surface area contributed by atoms with Crippen molar-refractivity contribution in [1.29, 1.82) is 0 Å². The zero-order valence-corrected chi connectivity index (χ0v) is 16.4. The number of amides is 1. The van der Waals surface area contributed by atoms with Crippen LogP contribution in [0.5, 0.6) is 0 Å². The van der Waals surface area contributed by atoms with Gasteiger partial charge in [-0.2, -0.15) is 4.31 Å². The molecular weight excluding hydrogens is 368 g/mol. The van der Waals surface area contributed by atoms with Gasteiger partial charge in [-0.25, -0.2) is 13.2 Å². The topological polar surface area (TPSA) is 95.0 Å². The Balaban J connectivity index is 1.62. The third-order valence-electron chi connectivity index (χ3n) is 5.66. The van der Waals surface area contributed by atoms with Crippen LogP contribution in [0.25, 0.3) is 0 Å². The van der Waals surface area contributed by atoms with Crippen molar-refractivity contribution in [1.82, 2.24) is 9.21 Å². The van der Waals surface area contributed by atoms with Crippen molar-refractivity contribution >= 4 is 21.9 Å². The normalized spacial score (nSPS) is 23.7. The lowest BCUT2D eigenvalue weighted by Crippen LogP contribution is -2.50. The summed E-state index contributed by atoms with van der Waals surface area (Å²) in [4.78, 5) is 25.7. The molecule has 1 unspecified atom stereocenters. The number of likely N-dealkylation sites (tertiary alicyclic amines) is 1. The maximum atomic E-state index is 12.5. The SMILES string of the molecule is CC1(C(=O)O)CCCN1C(=O)CCc1ccc(S(=O)(=O)N2CCCC2)cc1. The molecule has 1 amide bonds. The fourth-order valence-electron chi connectivity index (χ4n) is 3.88. The van der Waals surface area contributed by atoms with Crippen LogP contribution in [0.1, 0.15) is 44.6 Å². The quantitative estimate of drug-likeness (QED) is 0.795. The number of aliphatic carboxylic acids is 1. The summed E-state index contributed by atoms with van der Waals surface area (Å²) < 4.78 is 26.6. The van der Waals surface area contributed by atoms with Crippen LogP contribution < -0.4 is 0 Å². The highest BCUT2D eigenvalue weighted by atomic mass is 32.2. The third-order valence-corrected chi connectivity index (χ3v) is 7.57. The molecule has 2 aliphatic heterocycles. The molecule has 1 N–H and O–H groups in total. The number of benzene rings is 1. The first-order chi connectivity index (χ1) is 12.7.